The first kappa shape index (κ1) is 17.9. The Morgan fingerprint density at radius 3 is 2.73 bits per heavy atom. The van der Waals surface area contributed by atoms with E-state index in [2.05, 4.69) is 10.3 Å². The van der Waals surface area contributed by atoms with Crippen LogP contribution in [-0.2, 0) is 11.2 Å². The van der Waals surface area contributed by atoms with Gasteiger partial charge in [0.05, 0.1) is 12.1 Å². The number of nitrogens with zero attached hydrogens (tertiary/aromatic N) is 2. The SMILES string of the molecule is Cc1ccc(-c2nc(CC(=O)Nc3cccc(C(=O)N(C)C)c3)cs2)o1. The molecule has 0 aliphatic heterocycles. The standard InChI is InChI=1S/C19H19N3O3S/c1-12-7-8-16(25-12)18-21-15(11-26-18)10-17(23)20-14-6-4-5-13(9-14)19(24)22(2)3/h4-9,11H,10H2,1-3H3,(H,20,23). The molecule has 0 saturated heterocycles. The number of carbonyl (C=O) groups excluding carboxylic acids is 2. The Labute approximate surface area is 155 Å². The van der Waals surface area contributed by atoms with E-state index in [0.29, 0.717) is 22.7 Å². The maximum atomic E-state index is 12.3. The summed E-state index contributed by atoms with van der Waals surface area (Å²) >= 11 is 1.44. The number of carbonyl (C=O) groups is 2. The minimum absolute atomic E-state index is 0.112. The Bertz CT molecular complexity index is 943. The van der Waals surface area contributed by atoms with Gasteiger partial charge in [-0.05, 0) is 37.3 Å². The lowest BCUT2D eigenvalue weighted by molar-refractivity contribution is -0.115. The molecule has 0 atom stereocenters. The predicted octanol–water partition coefficient (Wildman–Crippen LogP) is 3.59. The molecule has 0 spiro atoms. The summed E-state index contributed by atoms with van der Waals surface area (Å²) in [6, 6.07) is 10.6. The summed E-state index contributed by atoms with van der Waals surface area (Å²) in [7, 11) is 3.38. The lowest BCUT2D eigenvalue weighted by Crippen LogP contribution is -2.22. The van der Waals surface area contributed by atoms with E-state index in [1.807, 2.05) is 24.4 Å². The average Bonchev–Trinajstić information content (AvgIpc) is 3.23. The van der Waals surface area contributed by atoms with Crippen LogP contribution < -0.4 is 5.32 Å². The van der Waals surface area contributed by atoms with Gasteiger partial charge >= 0.3 is 0 Å². The fraction of sp³-hybridized carbons (Fsp3) is 0.211. The molecule has 0 bridgehead atoms. The van der Waals surface area contributed by atoms with Gasteiger partial charge in [0.25, 0.3) is 5.91 Å². The summed E-state index contributed by atoms with van der Waals surface area (Å²) in [6.45, 7) is 1.88. The number of hydrogen-bond donors (Lipinski definition) is 1. The average molecular weight is 369 g/mol. The molecule has 1 N–H and O–H groups in total. The molecule has 2 heterocycles. The van der Waals surface area contributed by atoms with Gasteiger partial charge in [0, 0.05) is 30.7 Å². The van der Waals surface area contributed by atoms with Crippen LogP contribution in [0, 0.1) is 6.92 Å². The van der Waals surface area contributed by atoms with E-state index in [9.17, 15) is 9.59 Å². The monoisotopic (exact) mass is 369 g/mol. The zero-order valence-corrected chi connectivity index (χ0v) is 15.6. The molecule has 26 heavy (non-hydrogen) atoms. The second-order valence-corrected chi connectivity index (χ2v) is 6.92. The van der Waals surface area contributed by atoms with Crippen molar-refractivity contribution in [2.45, 2.75) is 13.3 Å². The number of aromatic nitrogens is 1. The third-order valence-electron chi connectivity index (χ3n) is 3.64. The number of hydrogen-bond acceptors (Lipinski definition) is 5. The molecule has 1 aromatic carbocycles. The Hall–Kier alpha value is -2.93. The smallest absolute Gasteiger partial charge is 0.253 e. The van der Waals surface area contributed by atoms with Crippen molar-refractivity contribution < 1.29 is 14.0 Å². The molecule has 134 valence electrons. The number of anilines is 1. The molecule has 0 aliphatic carbocycles. The molecular formula is C19H19N3O3S. The lowest BCUT2D eigenvalue weighted by atomic mass is 10.1. The minimum Gasteiger partial charge on any atom is -0.459 e. The fourth-order valence-corrected chi connectivity index (χ4v) is 3.19. The first-order chi connectivity index (χ1) is 12.4. The van der Waals surface area contributed by atoms with E-state index in [0.717, 1.165) is 10.8 Å². The second-order valence-electron chi connectivity index (χ2n) is 6.06. The van der Waals surface area contributed by atoms with E-state index in [4.69, 9.17) is 4.42 Å². The van der Waals surface area contributed by atoms with Crippen LogP contribution in [-0.4, -0.2) is 35.8 Å². The minimum atomic E-state index is -0.188. The summed E-state index contributed by atoms with van der Waals surface area (Å²) in [4.78, 5) is 30.2. The molecule has 6 nitrogen and oxygen atoms in total. The van der Waals surface area contributed by atoms with E-state index in [-0.39, 0.29) is 18.2 Å². The first-order valence-corrected chi connectivity index (χ1v) is 8.93. The molecule has 3 aromatic rings. The Morgan fingerprint density at radius 2 is 2.04 bits per heavy atom. The molecule has 0 saturated carbocycles. The number of thiazole rings is 1. The number of rotatable bonds is 5. The maximum absolute atomic E-state index is 12.3. The second kappa shape index (κ2) is 7.53. The Morgan fingerprint density at radius 1 is 1.23 bits per heavy atom. The quantitative estimate of drug-likeness (QED) is 0.746. The van der Waals surface area contributed by atoms with Gasteiger partial charge < -0.3 is 14.6 Å². The topological polar surface area (TPSA) is 75.4 Å². The molecule has 2 aromatic heterocycles. The van der Waals surface area contributed by atoms with Crippen LogP contribution in [0.4, 0.5) is 5.69 Å². The van der Waals surface area contributed by atoms with E-state index in [1.54, 1.807) is 38.4 Å². The van der Waals surface area contributed by atoms with Crippen LogP contribution in [0.3, 0.4) is 0 Å². The van der Waals surface area contributed by atoms with Crippen LogP contribution in [0.5, 0.6) is 0 Å². The molecule has 0 unspecified atom stereocenters. The molecular weight excluding hydrogens is 350 g/mol. The number of nitrogens with one attached hydrogen (secondary N) is 1. The highest BCUT2D eigenvalue weighted by molar-refractivity contribution is 7.13. The van der Waals surface area contributed by atoms with Crippen molar-refractivity contribution in [2.75, 3.05) is 19.4 Å². The summed E-state index contributed by atoms with van der Waals surface area (Å²) in [5.41, 5.74) is 1.79. The van der Waals surface area contributed by atoms with Crippen molar-refractivity contribution in [1.82, 2.24) is 9.88 Å². The molecule has 0 radical (unpaired) electrons. The van der Waals surface area contributed by atoms with E-state index in [1.165, 1.54) is 16.2 Å². The third-order valence-corrected chi connectivity index (χ3v) is 4.55. The van der Waals surface area contributed by atoms with Crippen molar-refractivity contribution in [3.63, 3.8) is 0 Å². The number of benzene rings is 1. The molecule has 0 aliphatic rings. The normalized spacial score (nSPS) is 10.6. The van der Waals surface area contributed by atoms with Crippen LogP contribution in [0.1, 0.15) is 21.8 Å². The van der Waals surface area contributed by atoms with Crippen LogP contribution in [0.25, 0.3) is 10.8 Å². The first-order valence-electron chi connectivity index (χ1n) is 8.05. The zero-order valence-electron chi connectivity index (χ0n) is 14.8. The van der Waals surface area contributed by atoms with Crippen molar-refractivity contribution in [1.29, 1.82) is 0 Å². The number of aryl methyl sites for hydroxylation is 1. The van der Waals surface area contributed by atoms with Crippen LogP contribution in [0.15, 0.2) is 46.2 Å². The van der Waals surface area contributed by atoms with Gasteiger partial charge in [-0.15, -0.1) is 11.3 Å². The molecule has 7 heteroatoms. The largest absolute Gasteiger partial charge is 0.459 e. The predicted molar refractivity (Wildman–Crippen MR) is 101 cm³/mol. The van der Waals surface area contributed by atoms with Gasteiger partial charge in [-0.1, -0.05) is 6.07 Å². The summed E-state index contributed by atoms with van der Waals surface area (Å²) < 4.78 is 5.55. The Balaban J connectivity index is 1.65. The summed E-state index contributed by atoms with van der Waals surface area (Å²) in [5.74, 6) is 1.22. The van der Waals surface area contributed by atoms with Gasteiger partial charge in [-0.3, -0.25) is 9.59 Å². The number of furan rings is 1. The third kappa shape index (κ3) is 4.18. The highest BCUT2D eigenvalue weighted by Crippen LogP contribution is 2.25. The van der Waals surface area contributed by atoms with E-state index >= 15 is 0 Å². The summed E-state index contributed by atoms with van der Waals surface area (Å²) in [6.07, 6.45) is 0.155. The lowest BCUT2D eigenvalue weighted by Gasteiger charge is -2.11. The molecule has 0 fully saturated rings. The highest BCUT2D eigenvalue weighted by atomic mass is 32.1. The van der Waals surface area contributed by atoms with Crippen molar-refractivity contribution in [3.05, 3.63) is 58.8 Å². The molecule has 3 rings (SSSR count). The van der Waals surface area contributed by atoms with Gasteiger partial charge in [0.15, 0.2) is 10.8 Å². The van der Waals surface area contributed by atoms with Crippen molar-refractivity contribution in [3.8, 4) is 10.8 Å². The highest BCUT2D eigenvalue weighted by Gasteiger charge is 2.13. The van der Waals surface area contributed by atoms with Gasteiger partial charge in [-0.25, -0.2) is 4.98 Å². The van der Waals surface area contributed by atoms with Gasteiger partial charge in [0.1, 0.15) is 5.76 Å². The summed E-state index contributed by atoms with van der Waals surface area (Å²) in [5, 5.41) is 5.40. The molecule has 2 amide bonds. The zero-order chi connectivity index (χ0) is 18.7. The Kier molecular flexibility index (Phi) is 5.18. The van der Waals surface area contributed by atoms with Crippen LogP contribution in [0.2, 0.25) is 0 Å². The number of amides is 2. The van der Waals surface area contributed by atoms with Gasteiger partial charge in [-0.2, -0.15) is 0 Å². The van der Waals surface area contributed by atoms with Gasteiger partial charge in [0.2, 0.25) is 5.91 Å². The van der Waals surface area contributed by atoms with Crippen molar-refractivity contribution in [2.24, 2.45) is 0 Å². The van der Waals surface area contributed by atoms with Crippen LogP contribution >= 0.6 is 11.3 Å². The maximum Gasteiger partial charge on any atom is 0.253 e. The van der Waals surface area contributed by atoms with E-state index < -0.39 is 0 Å². The fourth-order valence-electron chi connectivity index (χ4n) is 2.41. The van der Waals surface area contributed by atoms with Crippen molar-refractivity contribution >= 4 is 28.8 Å².